The van der Waals surface area contributed by atoms with E-state index in [1.165, 1.54) is 22.8 Å². The number of carboxylic acids is 2. The van der Waals surface area contributed by atoms with Crippen molar-refractivity contribution < 1.29 is 24.2 Å². The van der Waals surface area contributed by atoms with Gasteiger partial charge >= 0.3 is 11.9 Å². The van der Waals surface area contributed by atoms with Crippen LogP contribution in [0.5, 0.6) is 0 Å². The summed E-state index contributed by atoms with van der Waals surface area (Å²) in [6.45, 7) is -0.0819. The van der Waals surface area contributed by atoms with E-state index in [-0.39, 0.29) is 24.2 Å². The highest BCUT2D eigenvalue weighted by Gasteiger charge is 2.17. The Balaban J connectivity index is 2.61. The van der Waals surface area contributed by atoms with Gasteiger partial charge in [0.05, 0.1) is 11.9 Å². The molecule has 5 nitrogen and oxygen atoms in total. The number of halogens is 1. The normalized spacial score (nSPS) is 10.7. The topological polar surface area (TPSA) is 79.5 Å². The maximum atomic E-state index is 13.7. The summed E-state index contributed by atoms with van der Waals surface area (Å²) in [4.78, 5) is 21.6. The Bertz CT molecular complexity index is 632. The first-order chi connectivity index (χ1) is 8.50. The highest BCUT2D eigenvalue weighted by Crippen LogP contribution is 2.23. The van der Waals surface area contributed by atoms with Crippen molar-refractivity contribution in [3.8, 4) is 0 Å². The fourth-order valence-corrected chi connectivity index (χ4v) is 1.90. The summed E-state index contributed by atoms with van der Waals surface area (Å²) >= 11 is 0. The third-order valence-corrected chi connectivity index (χ3v) is 2.64. The Morgan fingerprint density at radius 2 is 2.00 bits per heavy atom. The lowest BCUT2D eigenvalue weighted by atomic mass is 10.2. The maximum Gasteiger partial charge on any atom is 0.352 e. The summed E-state index contributed by atoms with van der Waals surface area (Å²) in [6, 6.07) is 5.61. The lowest BCUT2D eigenvalue weighted by Gasteiger charge is -2.06. The Hall–Kier alpha value is -2.37. The highest BCUT2D eigenvalue weighted by molar-refractivity contribution is 5.94. The van der Waals surface area contributed by atoms with Crippen LogP contribution in [0.4, 0.5) is 4.39 Å². The third-order valence-electron chi connectivity index (χ3n) is 2.64. The molecule has 2 aromatic rings. The van der Waals surface area contributed by atoms with Crippen molar-refractivity contribution in [2.45, 2.75) is 13.0 Å². The summed E-state index contributed by atoms with van der Waals surface area (Å²) in [5, 5.41) is 18.1. The van der Waals surface area contributed by atoms with Gasteiger partial charge in [0.15, 0.2) is 0 Å². The second-order valence-corrected chi connectivity index (χ2v) is 3.81. The average molecular weight is 251 g/mol. The molecule has 1 aromatic carbocycles. The molecule has 94 valence electrons. The molecule has 0 fully saturated rings. The van der Waals surface area contributed by atoms with Gasteiger partial charge in [0, 0.05) is 11.9 Å². The molecule has 1 heterocycles. The second kappa shape index (κ2) is 4.48. The van der Waals surface area contributed by atoms with Crippen LogP contribution in [0, 0.1) is 5.82 Å². The summed E-state index contributed by atoms with van der Waals surface area (Å²) < 4.78 is 14.9. The van der Waals surface area contributed by atoms with E-state index in [1.807, 2.05) is 0 Å². The number of carboxylic acid groups (broad SMARTS) is 2. The van der Waals surface area contributed by atoms with Crippen LogP contribution in [0.2, 0.25) is 0 Å². The number of nitrogens with zero attached hydrogens (tertiary/aromatic N) is 1. The van der Waals surface area contributed by atoms with Crippen molar-refractivity contribution >= 4 is 22.8 Å². The summed E-state index contributed by atoms with van der Waals surface area (Å²) in [5.41, 5.74) is 0.00694. The lowest BCUT2D eigenvalue weighted by Crippen LogP contribution is -2.11. The van der Waals surface area contributed by atoms with E-state index >= 15 is 0 Å². The number of para-hydroxylation sites is 1. The molecule has 1 aromatic heterocycles. The first kappa shape index (κ1) is 12.1. The zero-order valence-electron chi connectivity index (χ0n) is 9.26. The number of aromatic carboxylic acids is 1. The number of aromatic nitrogens is 1. The Morgan fingerprint density at radius 1 is 1.28 bits per heavy atom. The molecule has 2 rings (SSSR count). The Morgan fingerprint density at radius 3 is 2.61 bits per heavy atom. The van der Waals surface area contributed by atoms with Crippen molar-refractivity contribution in [1.29, 1.82) is 0 Å². The molecule has 0 aliphatic carbocycles. The zero-order valence-corrected chi connectivity index (χ0v) is 9.26. The van der Waals surface area contributed by atoms with Crippen LogP contribution >= 0.6 is 0 Å². The molecule has 0 saturated carbocycles. The number of carbonyl (C=O) groups is 2. The van der Waals surface area contributed by atoms with Crippen LogP contribution in [-0.2, 0) is 11.3 Å². The predicted octanol–water partition coefficient (Wildman–Crippen LogP) is 1.95. The zero-order chi connectivity index (χ0) is 13.3. The van der Waals surface area contributed by atoms with E-state index in [0.717, 1.165) is 0 Å². The molecule has 0 saturated heterocycles. The molecule has 2 N–H and O–H groups in total. The van der Waals surface area contributed by atoms with E-state index in [4.69, 9.17) is 10.2 Å². The molecule has 0 radical (unpaired) electrons. The predicted molar refractivity (Wildman–Crippen MR) is 61.1 cm³/mol. The monoisotopic (exact) mass is 251 g/mol. The van der Waals surface area contributed by atoms with Crippen molar-refractivity contribution in [1.82, 2.24) is 4.57 Å². The molecule has 0 aliphatic heterocycles. The number of fused-ring (bicyclic) bond motifs is 1. The van der Waals surface area contributed by atoms with E-state index in [1.54, 1.807) is 6.07 Å². The van der Waals surface area contributed by atoms with Crippen molar-refractivity contribution in [3.63, 3.8) is 0 Å². The van der Waals surface area contributed by atoms with E-state index < -0.39 is 17.8 Å². The van der Waals surface area contributed by atoms with Gasteiger partial charge in [-0.25, -0.2) is 9.18 Å². The minimum Gasteiger partial charge on any atom is -0.481 e. The van der Waals surface area contributed by atoms with Crippen LogP contribution < -0.4 is 0 Å². The molecular formula is C12H10FNO4. The SMILES string of the molecule is O=C(O)CCn1c(C(=O)O)cc2cccc(F)c21. The standard InChI is InChI=1S/C12H10FNO4/c13-8-3-1-2-7-6-9(12(17)18)14(11(7)8)5-4-10(15)16/h1-3,6H,4-5H2,(H,15,16)(H,17,18). The van der Waals surface area contributed by atoms with Crippen molar-refractivity contribution in [2.75, 3.05) is 0 Å². The van der Waals surface area contributed by atoms with Gasteiger partial charge in [-0.2, -0.15) is 0 Å². The first-order valence-corrected chi connectivity index (χ1v) is 5.23. The van der Waals surface area contributed by atoms with Gasteiger partial charge in [0.25, 0.3) is 0 Å². The molecule has 0 aliphatic rings. The minimum atomic E-state index is -1.21. The van der Waals surface area contributed by atoms with Crippen molar-refractivity contribution in [2.24, 2.45) is 0 Å². The van der Waals surface area contributed by atoms with Gasteiger partial charge in [0.1, 0.15) is 11.5 Å². The van der Waals surface area contributed by atoms with Gasteiger partial charge in [-0.15, -0.1) is 0 Å². The first-order valence-electron chi connectivity index (χ1n) is 5.23. The molecule has 18 heavy (non-hydrogen) atoms. The molecule has 0 bridgehead atoms. The van der Waals surface area contributed by atoms with Crippen LogP contribution in [0.25, 0.3) is 10.9 Å². The van der Waals surface area contributed by atoms with Gasteiger partial charge in [-0.05, 0) is 12.1 Å². The largest absolute Gasteiger partial charge is 0.481 e. The van der Waals surface area contributed by atoms with Gasteiger partial charge in [-0.3, -0.25) is 4.79 Å². The van der Waals surface area contributed by atoms with Crippen LogP contribution in [0.1, 0.15) is 16.9 Å². The average Bonchev–Trinajstić information content (AvgIpc) is 2.66. The van der Waals surface area contributed by atoms with Crippen LogP contribution in [0.3, 0.4) is 0 Å². The summed E-state index contributed by atoms with van der Waals surface area (Å²) in [7, 11) is 0. The molecule has 6 heteroatoms. The number of hydrogen-bond donors (Lipinski definition) is 2. The quantitative estimate of drug-likeness (QED) is 0.870. The molecule has 0 amide bonds. The maximum absolute atomic E-state index is 13.7. The highest BCUT2D eigenvalue weighted by atomic mass is 19.1. The van der Waals surface area contributed by atoms with Gasteiger partial charge < -0.3 is 14.8 Å². The third kappa shape index (κ3) is 2.04. The molecule has 0 atom stereocenters. The van der Waals surface area contributed by atoms with Crippen LogP contribution in [-0.4, -0.2) is 26.7 Å². The smallest absolute Gasteiger partial charge is 0.352 e. The molecule has 0 unspecified atom stereocenters. The summed E-state index contributed by atoms with van der Waals surface area (Å²) in [6.07, 6.45) is -0.265. The second-order valence-electron chi connectivity index (χ2n) is 3.81. The fourth-order valence-electron chi connectivity index (χ4n) is 1.90. The van der Waals surface area contributed by atoms with E-state index in [9.17, 15) is 14.0 Å². The number of rotatable bonds is 4. The molecule has 0 spiro atoms. The van der Waals surface area contributed by atoms with Crippen LogP contribution in [0.15, 0.2) is 24.3 Å². The number of aliphatic carboxylic acids is 1. The van der Waals surface area contributed by atoms with E-state index in [2.05, 4.69) is 0 Å². The Kier molecular flexibility index (Phi) is 3.01. The minimum absolute atomic E-state index is 0.0819. The number of aryl methyl sites for hydroxylation is 1. The summed E-state index contributed by atoms with van der Waals surface area (Å²) in [5.74, 6) is -2.84. The van der Waals surface area contributed by atoms with E-state index in [0.29, 0.717) is 5.39 Å². The van der Waals surface area contributed by atoms with Gasteiger partial charge in [-0.1, -0.05) is 12.1 Å². The Labute approximate surface area is 101 Å². The lowest BCUT2D eigenvalue weighted by molar-refractivity contribution is -0.137. The number of hydrogen-bond acceptors (Lipinski definition) is 2. The number of benzene rings is 1. The van der Waals surface area contributed by atoms with Crippen molar-refractivity contribution in [3.05, 3.63) is 35.8 Å². The van der Waals surface area contributed by atoms with Gasteiger partial charge in [0.2, 0.25) is 0 Å². The molecular weight excluding hydrogens is 241 g/mol. The fraction of sp³-hybridized carbons (Fsp3) is 0.167.